The Hall–Kier alpha value is -1.46. The molecule has 0 amide bonds. The summed E-state index contributed by atoms with van der Waals surface area (Å²) in [5.41, 5.74) is -0.239. The summed E-state index contributed by atoms with van der Waals surface area (Å²) in [5, 5.41) is 0. The van der Waals surface area contributed by atoms with Gasteiger partial charge in [0.2, 0.25) is 0 Å². The van der Waals surface area contributed by atoms with E-state index < -0.39 is 5.60 Å². The molecule has 2 rings (SSSR count). The third kappa shape index (κ3) is 3.80. The zero-order valence-corrected chi connectivity index (χ0v) is 12.8. The first-order valence-electron chi connectivity index (χ1n) is 7.56. The first-order valence-corrected chi connectivity index (χ1v) is 7.56. The van der Waals surface area contributed by atoms with Crippen LogP contribution in [0.25, 0.3) is 0 Å². The molecule has 116 valence electrons. The van der Waals surface area contributed by atoms with E-state index in [1.54, 1.807) is 18.5 Å². The van der Waals surface area contributed by atoms with Crippen LogP contribution >= 0.6 is 0 Å². The van der Waals surface area contributed by atoms with Crippen LogP contribution in [0.3, 0.4) is 0 Å². The third-order valence-corrected chi connectivity index (χ3v) is 3.58. The van der Waals surface area contributed by atoms with Crippen LogP contribution < -0.4 is 4.74 Å². The first kappa shape index (κ1) is 15.9. The number of pyridine rings is 1. The second kappa shape index (κ2) is 7.52. The van der Waals surface area contributed by atoms with E-state index in [4.69, 9.17) is 14.2 Å². The smallest absolute Gasteiger partial charge is 0.196 e. The molecule has 0 saturated carbocycles. The topological polar surface area (TPSA) is 57.7 Å². The van der Waals surface area contributed by atoms with Crippen LogP contribution in [0.2, 0.25) is 0 Å². The van der Waals surface area contributed by atoms with E-state index in [2.05, 4.69) is 4.98 Å². The minimum atomic E-state index is -0.780. The Kier molecular flexibility index (Phi) is 5.70. The van der Waals surface area contributed by atoms with E-state index in [0.29, 0.717) is 50.6 Å². The van der Waals surface area contributed by atoms with E-state index >= 15 is 0 Å². The van der Waals surface area contributed by atoms with E-state index in [1.807, 2.05) is 13.8 Å². The van der Waals surface area contributed by atoms with Gasteiger partial charge < -0.3 is 14.2 Å². The van der Waals surface area contributed by atoms with Gasteiger partial charge in [0.15, 0.2) is 5.78 Å². The number of Topliss-reactive ketones (excluding diaryl/α,β-unsaturated/α-hetero) is 1. The molecular formula is C16H23NO4. The Labute approximate surface area is 125 Å². The molecule has 1 saturated heterocycles. The van der Waals surface area contributed by atoms with Crippen LogP contribution in [-0.4, -0.2) is 42.8 Å². The first-order chi connectivity index (χ1) is 10.2. The monoisotopic (exact) mass is 293 g/mol. The van der Waals surface area contributed by atoms with E-state index in [-0.39, 0.29) is 5.78 Å². The number of hydrogen-bond donors (Lipinski definition) is 0. The molecule has 1 aliphatic rings. The Morgan fingerprint density at radius 3 is 2.76 bits per heavy atom. The molecule has 0 aromatic carbocycles. The van der Waals surface area contributed by atoms with E-state index in [1.165, 1.54) is 0 Å². The predicted octanol–water partition coefficient (Wildman–Crippen LogP) is 2.64. The summed E-state index contributed by atoms with van der Waals surface area (Å²) in [4.78, 5) is 17.0. The summed E-state index contributed by atoms with van der Waals surface area (Å²) >= 11 is 0. The maximum absolute atomic E-state index is 12.9. The van der Waals surface area contributed by atoms with Crippen LogP contribution in [0, 0.1) is 0 Å². The second-order valence-corrected chi connectivity index (χ2v) is 5.13. The van der Waals surface area contributed by atoms with Gasteiger partial charge in [-0.3, -0.25) is 9.78 Å². The molecule has 0 spiro atoms. The van der Waals surface area contributed by atoms with Gasteiger partial charge in [-0.05, 0) is 19.4 Å². The molecule has 1 aliphatic heterocycles. The van der Waals surface area contributed by atoms with Gasteiger partial charge in [-0.25, -0.2) is 0 Å². The summed E-state index contributed by atoms with van der Waals surface area (Å²) in [7, 11) is 0. The zero-order valence-electron chi connectivity index (χ0n) is 12.8. The van der Waals surface area contributed by atoms with Crippen molar-refractivity contribution in [3.63, 3.8) is 0 Å². The van der Waals surface area contributed by atoms with E-state index in [0.717, 1.165) is 6.42 Å². The molecule has 0 bridgehead atoms. The van der Waals surface area contributed by atoms with Crippen LogP contribution in [0.1, 0.15) is 43.5 Å². The van der Waals surface area contributed by atoms with Crippen molar-refractivity contribution in [1.29, 1.82) is 0 Å². The number of rotatable bonds is 7. The van der Waals surface area contributed by atoms with Gasteiger partial charge in [0, 0.05) is 44.4 Å². The molecule has 2 heterocycles. The number of ether oxygens (including phenoxy) is 3. The number of carbonyl (C=O) groups excluding carboxylic acids is 1. The van der Waals surface area contributed by atoms with Crippen molar-refractivity contribution in [2.75, 3.05) is 26.4 Å². The highest BCUT2D eigenvalue weighted by molar-refractivity contribution is 6.02. The van der Waals surface area contributed by atoms with Crippen molar-refractivity contribution in [3.05, 3.63) is 24.0 Å². The maximum Gasteiger partial charge on any atom is 0.196 e. The largest absolute Gasteiger partial charge is 0.492 e. The summed E-state index contributed by atoms with van der Waals surface area (Å²) in [5.74, 6) is 0.600. The number of aromatic nitrogens is 1. The standard InChI is InChI=1S/C16H23NO4/c1-3-7-20-14-10-13(11-17-12-14)15(18)16(21-4-2)5-8-19-9-6-16/h10-12H,3-9H2,1-2H3. The summed E-state index contributed by atoms with van der Waals surface area (Å²) in [6.07, 6.45) is 5.29. The quantitative estimate of drug-likeness (QED) is 0.723. The Balaban J connectivity index is 2.20. The van der Waals surface area contributed by atoms with Gasteiger partial charge >= 0.3 is 0 Å². The van der Waals surface area contributed by atoms with Crippen molar-refractivity contribution < 1.29 is 19.0 Å². The van der Waals surface area contributed by atoms with Crippen molar-refractivity contribution in [2.24, 2.45) is 0 Å². The highest BCUT2D eigenvalue weighted by atomic mass is 16.5. The zero-order chi connectivity index (χ0) is 15.1. The molecule has 0 N–H and O–H groups in total. The molecule has 0 radical (unpaired) electrons. The predicted molar refractivity (Wildman–Crippen MR) is 78.8 cm³/mol. The van der Waals surface area contributed by atoms with Gasteiger partial charge in [0.25, 0.3) is 0 Å². The number of hydrogen-bond acceptors (Lipinski definition) is 5. The molecule has 1 fully saturated rings. The second-order valence-electron chi connectivity index (χ2n) is 5.13. The lowest BCUT2D eigenvalue weighted by Crippen LogP contribution is -2.46. The number of ketones is 1. The average Bonchev–Trinajstić information content (AvgIpc) is 2.53. The molecule has 1 aromatic heterocycles. The Morgan fingerprint density at radius 2 is 2.10 bits per heavy atom. The number of nitrogens with zero attached hydrogens (tertiary/aromatic N) is 1. The lowest BCUT2D eigenvalue weighted by molar-refractivity contribution is -0.0822. The van der Waals surface area contributed by atoms with Gasteiger partial charge in [0.05, 0.1) is 12.8 Å². The van der Waals surface area contributed by atoms with Crippen molar-refractivity contribution in [2.45, 2.75) is 38.7 Å². The van der Waals surface area contributed by atoms with Gasteiger partial charge in [-0.2, -0.15) is 0 Å². The van der Waals surface area contributed by atoms with Gasteiger partial charge in [-0.15, -0.1) is 0 Å². The highest BCUT2D eigenvalue weighted by Gasteiger charge is 2.41. The van der Waals surface area contributed by atoms with Crippen molar-refractivity contribution in [1.82, 2.24) is 4.98 Å². The summed E-state index contributed by atoms with van der Waals surface area (Å²) < 4.78 is 16.7. The minimum Gasteiger partial charge on any atom is -0.492 e. The summed E-state index contributed by atoms with van der Waals surface area (Å²) in [6.45, 7) is 6.16. The van der Waals surface area contributed by atoms with Crippen molar-refractivity contribution in [3.8, 4) is 5.75 Å². The van der Waals surface area contributed by atoms with Gasteiger partial charge in [-0.1, -0.05) is 6.92 Å². The molecule has 0 aliphatic carbocycles. The Morgan fingerprint density at radius 1 is 1.33 bits per heavy atom. The average molecular weight is 293 g/mol. The van der Waals surface area contributed by atoms with Crippen LogP contribution in [0.4, 0.5) is 0 Å². The van der Waals surface area contributed by atoms with Crippen LogP contribution in [0.5, 0.6) is 5.75 Å². The van der Waals surface area contributed by atoms with Crippen molar-refractivity contribution >= 4 is 5.78 Å². The Bertz CT molecular complexity index is 464. The third-order valence-electron chi connectivity index (χ3n) is 3.58. The molecule has 1 aromatic rings. The minimum absolute atomic E-state index is 0.0258. The van der Waals surface area contributed by atoms with Crippen LogP contribution in [-0.2, 0) is 9.47 Å². The fourth-order valence-electron chi connectivity index (χ4n) is 2.52. The lowest BCUT2D eigenvalue weighted by Gasteiger charge is -2.35. The van der Waals surface area contributed by atoms with E-state index in [9.17, 15) is 4.79 Å². The lowest BCUT2D eigenvalue weighted by atomic mass is 9.86. The SMILES string of the molecule is CCCOc1cncc(C(=O)C2(OCC)CCOCC2)c1. The molecule has 0 atom stereocenters. The highest BCUT2D eigenvalue weighted by Crippen LogP contribution is 2.30. The fraction of sp³-hybridized carbons (Fsp3) is 0.625. The van der Waals surface area contributed by atoms with Gasteiger partial charge in [0.1, 0.15) is 11.4 Å². The molecule has 0 unspecified atom stereocenters. The normalized spacial score (nSPS) is 17.4. The fourth-order valence-corrected chi connectivity index (χ4v) is 2.52. The molecule has 5 nitrogen and oxygen atoms in total. The summed E-state index contributed by atoms with van der Waals surface area (Å²) in [6, 6.07) is 1.75. The molecule has 5 heteroatoms. The van der Waals surface area contributed by atoms with Crippen LogP contribution in [0.15, 0.2) is 18.5 Å². The maximum atomic E-state index is 12.9. The number of carbonyl (C=O) groups is 1. The molecular weight excluding hydrogens is 270 g/mol. The molecule has 21 heavy (non-hydrogen) atoms.